The first kappa shape index (κ1) is 16.6. The molecule has 0 saturated carbocycles. The van der Waals surface area contributed by atoms with Gasteiger partial charge in [-0.3, -0.25) is 9.52 Å². The summed E-state index contributed by atoms with van der Waals surface area (Å²) >= 11 is 0. The minimum absolute atomic E-state index is 0.0216. The van der Waals surface area contributed by atoms with Crippen molar-refractivity contribution in [2.75, 3.05) is 11.8 Å². The molecule has 1 aromatic heterocycles. The van der Waals surface area contributed by atoms with E-state index in [1.807, 2.05) is 0 Å². The third kappa shape index (κ3) is 3.34. The van der Waals surface area contributed by atoms with Gasteiger partial charge in [-0.15, -0.1) is 0 Å². The minimum Gasteiger partial charge on any atom is -0.463 e. The van der Waals surface area contributed by atoms with Crippen LogP contribution in [0.4, 0.5) is 5.69 Å². The number of amides is 1. The Kier molecular flexibility index (Phi) is 4.41. The Balaban J connectivity index is 2.42. The van der Waals surface area contributed by atoms with Gasteiger partial charge in [0, 0.05) is 0 Å². The maximum Gasteiger partial charge on any atom is 0.374 e. The number of rotatable bonds is 5. The number of aryl methyl sites for hydroxylation is 1. The molecular formula is C14H14N2O6S. The largest absolute Gasteiger partial charge is 0.463 e. The second-order valence-electron chi connectivity index (χ2n) is 4.58. The molecular weight excluding hydrogens is 324 g/mol. The molecule has 122 valence electrons. The molecule has 0 aliphatic heterocycles. The molecule has 0 aliphatic carbocycles. The van der Waals surface area contributed by atoms with Crippen LogP contribution in [0.25, 0.3) is 0 Å². The van der Waals surface area contributed by atoms with Crippen molar-refractivity contribution in [3.05, 3.63) is 47.2 Å². The molecule has 1 amide bonds. The van der Waals surface area contributed by atoms with Crippen LogP contribution in [0.3, 0.4) is 0 Å². The SMILES string of the molecule is COC(=O)c1ccc(S(=O)(=O)Nc2c(C)cccc2C(N)=O)o1. The summed E-state index contributed by atoms with van der Waals surface area (Å²) in [6.45, 7) is 1.62. The molecule has 0 aliphatic rings. The molecule has 2 aromatic rings. The number of primary amides is 1. The van der Waals surface area contributed by atoms with E-state index in [-0.39, 0.29) is 17.0 Å². The van der Waals surface area contributed by atoms with E-state index >= 15 is 0 Å². The molecule has 3 N–H and O–H groups in total. The maximum absolute atomic E-state index is 12.3. The summed E-state index contributed by atoms with van der Waals surface area (Å²) in [4.78, 5) is 22.7. The quantitative estimate of drug-likeness (QED) is 0.790. The summed E-state index contributed by atoms with van der Waals surface area (Å²) in [7, 11) is -3.00. The molecule has 9 heteroatoms. The highest BCUT2D eigenvalue weighted by atomic mass is 32.2. The van der Waals surface area contributed by atoms with Crippen molar-refractivity contribution in [2.24, 2.45) is 5.73 Å². The van der Waals surface area contributed by atoms with Crippen LogP contribution in [0.2, 0.25) is 0 Å². The lowest BCUT2D eigenvalue weighted by Crippen LogP contribution is -2.19. The number of carbonyl (C=O) groups excluding carboxylic acids is 2. The Morgan fingerprint density at radius 1 is 1.22 bits per heavy atom. The number of hydrogen-bond acceptors (Lipinski definition) is 6. The van der Waals surface area contributed by atoms with Crippen LogP contribution in [-0.4, -0.2) is 27.4 Å². The predicted octanol–water partition coefficient (Wildman–Crippen LogP) is 1.27. The molecule has 0 saturated heterocycles. The van der Waals surface area contributed by atoms with E-state index in [1.54, 1.807) is 19.1 Å². The average molecular weight is 338 g/mol. The summed E-state index contributed by atoms with van der Waals surface area (Å²) in [6.07, 6.45) is 0. The number of hydrogen-bond donors (Lipinski definition) is 2. The normalized spacial score (nSPS) is 11.0. The van der Waals surface area contributed by atoms with Gasteiger partial charge in [-0.05, 0) is 30.7 Å². The van der Waals surface area contributed by atoms with Crippen LogP contribution < -0.4 is 10.5 Å². The Morgan fingerprint density at radius 3 is 2.52 bits per heavy atom. The fourth-order valence-corrected chi connectivity index (χ4v) is 2.96. The first-order chi connectivity index (χ1) is 10.8. The molecule has 1 heterocycles. The first-order valence-electron chi connectivity index (χ1n) is 6.36. The fourth-order valence-electron chi connectivity index (χ4n) is 1.87. The topological polar surface area (TPSA) is 129 Å². The van der Waals surface area contributed by atoms with Gasteiger partial charge in [0.1, 0.15) is 0 Å². The minimum atomic E-state index is -4.14. The van der Waals surface area contributed by atoms with Crippen molar-refractivity contribution in [1.82, 2.24) is 0 Å². The molecule has 0 bridgehead atoms. The van der Waals surface area contributed by atoms with Crippen molar-refractivity contribution in [2.45, 2.75) is 12.0 Å². The lowest BCUT2D eigenvalue weighted by atomic mass is 10.1. The molecule has 0 fully saturated rings. The Hall–Kier alpha value is -2.81. The fraction of sp³-hybridized carbons (Fsp3) is 0.143. The number of carbonyl (C=O) groups is 2. The summed E-state index contributed by atoms with van der Waals surface area (Å²) < 4.78 is 36.3. The highest BCUT2D eigenvalue weighted by Crippen LogP contribution is 2.25. The number of ether oxygens (including phenoxy) is 1. The second-order valence-corrected chi connectivity index (χ2v) is 6.19. The van der Waals surface area contributed by atoms with E-state index in [2.05, 4.69) is 9.46 Å². The molecule has 0 spiro atoms. The maximum atomic E-state index is 12.3. The highest BCUT2D eigenvalue weighted by Gasteiger charge is 2.24. The van der Waals surface area contributed by atoms with Gasteiger partial charge in [0.15, 0.2) is 0 Å². The van der Waals surface area contributed by atoms with E-state index < -0.39 is 27.0 Å². The van der Waals surface area contributed by atoms with Crippen LogP contribution in [0.15, 0.2) is 39.8 Å². The average Bonchev–Trinajstić information content (AvgIpc) is 2.99. The summed E-state index contributed by atoms with van der Waals surface area (Å²) in [5.41, 5.74) is 5.82. The third-order valence-corrected chi connectivity index (χ3v) is 4.23. The Morgan fingerprint density at radius 2 is 1.91 bits per heavy atom. The van der Waals surface area contributed by atoms with Gasteiger partial charge in [0.2, 0.25) is 10.9 Å². The zero-order chi connectivity index (χ0) is 17.2. The number of furan rings is 1. The van der Waals surface area contributed by atoms with Gasteiger partial charge < -0.3 is 14.9 Å². The molecule has 0 radical (unpaired) electrons. The smallest absolute Gasteiger partial charge is 0.374 e. The number of para-hydroxylation sites is 1. The van der Waals surface area contributed by atoms with Crippen LogP contribution >= 0.6 is 0 Å². The number of esters is 1. The van der Waals surface area contributed by atoms with E-state index in [0.29, 0.717) is 5.56 Å². The van der Waals surface area contributed by atoms with E-state index in [0.717, 1.165) is 13.2 Å². The van der Waals surface area contributed by atoms with Gasteiger partial charge in [0.05, 0.1) is 18.4 Å². The Labute approximate surface area is 132 Å². The van der Waals surface area contributed by atoms with E-state index in [1.165, 1.54) is 12.1 Å². The third-order valence-electron chi connectivity index (χ3n) is 3.01. The van der Waals surface area contributed by atoms with Gasteiger partial charge in [0.25, 0.3) is 15.9 Å². The monoisotopic (exact) mass is 338 g/mol. The van der Waals surface area contributed by atoms with Crippen molar-refractivity contribution >= 4 is 27.6 Å². The van der Waals surface area contributed by atoms with Crippen LogP contribution in [0, 0.1) is 6.92 Å². The standard InChI is InChI=1S/C14H14N2O6S/c1-8-4-3-5-9(13(15)17)12(8)16-23(19,20)11-7-6-10(22-11)14(18)21-2/h3-7,16H,1-2H3,(H2,15,17). The molecule has 2 rings (SSSR count). The molecule has 8 nitrogen and oxygen atoms in total. The van der Waals surface area contributed by atoms with Crippen molar-refractivity contribution in [3.63, 3.8) is 0 Å². The van der Waals surface area contributed by atoms with Crippen molar-refractivity contribution in [3.8, 4) is 0 Å². The lowest BCUT2D eigenvalue weighted by molar-refractivity contribution is 0.0559. The predicted molar refractivity (Wildman–Crippen MR) is 80.6 cm³/mol. The van der Waals surface area contributed by atoms with Crippen molar-refractivity contribution in [1.29, 1.82) is 0 Å². The zero-order valence-corrected chi connectivity index (χ0v) is 13.1. The van der Waals surface area contributed by atoms with Crippen LogP contribution in [0.1, 0.15) is 26.5 Å². The second kappa shape index (κ2) is 6.13. The zero-order valence-electron chi connectivity index (χ0n) is 12.3. The molecule has 0 unspecified atom stereocenters. The summed E-state index contributed by atoms with van der Waals surface area (Å²) in [5, 5.41) is -0.489. The number of anilines is 1. The van der Waals surface area contributed by atoms with Gasteiger partial charge >= 0.3 is 5.97 Å². The first-order valence-corrected chi connectivity index (χ1v) is 7.85. The van der Waals surface area contributed by atoms with Crippen LogP contribution in [-0.2, 0) is 14.8 Å². The number of sulfonamides is 1. The van der Waals surface area contributed by atoms with Gasteiger partial charge in [-0.2, -0.15) is 8.42 Å². The van der Waals surface area contributed by atoms with E-state index in [9.17, 15) is 18.0 Å². The summed E-state index contributed by atoms with van der Waals surface area (Å²) in [5.74, 6) is -1.84. The molecule has 23 heavy (non-hydrogen) atoms. The molecule has 0 atom stereocenters. The van der Waals surface area contributed by atoms with Crippen molar-refractivity contribution < 1.29 is 27.2 Å². The Bertz CT molecular complexity index is 869. The number of benzene rings is 1. The lowest BCUT2D eigenvalue weighted by Gasteiger charge is -2.12. The van der Waals surface area contributed by atoms with Crippen LogP contribution in [0.5, 0.6) is 0 Å². The van der Waals surface area contributed by atoms with Gasteiger partial charge in [-0.1, -0.05) is 12.1 Å². The summed E-state index contributed by atoms with van der Waals surface area (Å²) in [6, 6.07) is 6.88. The highest BCUT2D eigenvalue weighted by molar-refractivity contribution is 7.92. The van der Waals surface area contributed by atoms with Gasteiger partial charge in [-0.25, -0.2) is 4.79 Å². The number of methoxy groups -OCH3 is 1. The number of nitrogens with one attached hydrogen (secondary N) is 1. The molecule has 1 aromatic carbocycles. The van der Waals surface area contributed by atoms with E-state index in [4.69, 9.17) is 10.2 Å². The number of nitrogens with two attached hydrogens (primary N) is 1.